The molecule has 5 aliphatic rings. The normalized spacial score (nSPS) is 22.4. The summed E-state index contributed by atoms with van der Waals surface area (Å²) in [6.07, 6.45) is 0. The molecular formula is C67H4ClNO. The Morgan fingerprint density at radius 1 is 0.271 bits per heavy atom. The average molecular weight is 874 g/mol. The summed E-state index contributed by atoms with van der Waals surface area (Å²) in [7, 11) is 0. The molecule has 0 aromatic heterocycles. The Labute approximate surface area is 384 Å². The van der Waals surface area contributed by atoms with E-state index in [1.807, 2.05) is 6.07 Å². The number of hydrogen-bond acceptors (Lipinski definition) is 2. The van der Waals surface area contributed by atoms with Gasteiger partial charge in [0.05, 0.1) is 0 Å². The van der Waals surface area contributed by atoms with Crippen LogP contribution < -0.4 is 0 Å². The molecule has 0 fully saturated rings. The lowest BCUT2D eigenvalue weighted by Gasteiger charge is -2.46. The van der Waals surface area contributed by atoms with Crippen LogP contribution in [0, 0.1) is 0 Å². The zero-order chi connectivity index (χ0) is 41.5. The number of benzene rings is 19. The van der Waals surface area contributed by atoms with E-state index in [2.05, 4.69) is 18.2 Å². The molecule has 0 atom stereocenters. The summed E-state index contributed by atoms with van der Waals surface area (Å²) in [5.74, 6) is 0.762. The van der Waals surface area contributed by atoms with Crippen LogP contribution in [0.15, 0.2) is 29.3 Å². The Bertz CT molecular complexity index is 7290. The fraction of sp³-hybridized carbons (Fsp3) is 0.0299. The van der Waals surface area contributed by atoms with Gasteiger partial charge in [-0.25, -0.2) is 4.99 Å². The smallest absolute Gasteiger partial charge is 0.218 e. The van der Waals surface area contributed by atoms with Crippen molar-refractivity contribution in [3.63, 3.8) is 0 Å². The number of aliphatic imine (C=N–C) groups is 1. The first kappa shape index (κ1) is 25.7. The number of hydrogen-bond donors (Lipinski definition) is 0. The lowest BCUT2D eigenvalue weighted by Crippen LogP contribution is -2.49. The molecule has 2 nitrogen and oxygen atoms in total. The maximum absolute atomic E-state index is 8.48. The molecule has 34 rings (SSSR count). The van der Waals surface area contributed by atoms with Crippen molar-refractivity contribution >= 4 is 308 Å². The van der Waals surface area contributed by atoms with Gasteiger partial charge in [0, 0.05) is 32.8 Å². The highest BCUT2D eigenvalue weighted by Crippen LogP contribution is 2.85. The van der Waals surface area contributed by atoms with Gasteiger partial charge in [-0.05, 0) is 309 Å². The van der Waals surface area contributed by atoms with Gasteiger partial charge in [0.2, 0.25) is 5.90 Å². The molecule has 70 heavy (non-hydrogen) atoms. The van der Waals surface area contributed by atoms with Crippen molar-refractivity contribution in [3.8, 4) is 0 Å². The van der Waals surface area contributed by atoms with Crippen LogP contribution in [0.4, 0.5) is 0 Å². The Hall–Kier alpha value is -8.56. The largest absolute Gasteiger partial charge is 0.457 e. The minimum atomic E-state index is -0.879. The summed E-state index contributed by atoms with van der Waals surface area (Å²) in [6.45, 7) is 0. The van der Waals surface area contributed by atoms with E-state index in [1.54, 1.807) is 248 Å². The Morgan fingerprint density at radius 3 is 0.714 bits per heavy atom. The third-order valence-corrected chi connectivity index (χ3v) is 25.0. The third kappa shape index (κ3) is 1.35. The van der Waals surface area contributed by atoms with Gasteiger partial charge in [-0.3, -0.25) is 0 Å². The highest BCUT2D eigenvalue weighted by molar-refractivity contribution is 6.82. The summed E-state index contributed by atoms with van der Waals surface area (Å²) < 4.78 is 8.48. The second-order valence-corrected chi connectivity index (χ2v) is 25.6. The highest BCUT2D eigenvalue weighted by Gasteiger charge is 2.75. The number of halogens is 1. The molecule has 0 N–H and O–H groups in total. The van der Waals surface area contributed by atoms with Crippen LogP contribution in [0.5, 0.6) is 0 Å². The summed E-state index contributed by atoms with van der Waals surface area (Å²) in [5.41, 5.74) is 5.20. The second kappa shape index (κ2) is 5.77. The van der Waals surface area contributed by atoms with Gasteiger partial charge in [0.15, 0.2) is 11.1 Å². The Kier molecular flexibility index (Phi) is 2.12. The third-order valence-electron chi connectivity index (χ3n) is 24.8. The SMILES string of the molecule is Clc1cccc(C2=NC34c5c6c7c8c9c%10c(c%11c%12c3c3c5c5c%13c6c6c7c7c9c9c%14c%10c%10c%11c%11c%12c%12c3c3c5c5c%13c%13c6c6c7c9c7c9c%14c%10c%10c%11c%11c%12c3c3c5c5c%13c6c7c6c9c%10c%11c3c56)C84O2)c1. The number of nitrogens with zero attached hydrogens (tertiary/aromatic N) is 1. The van der Waals surface area contributed by atoms with Crippen molar-refractivity contribution in [2.45, 2.75) is 11.1 Å². The maximum Gasteiger partial charge on any atom is 0.218 e. The van der Waals surface area contributed by atoms with Crippen molar-refractivity contribution in [3.05, 3.63) is 57.1 Å². The fourth-order valence-corrected chi connectivity index (χ4v) is 24.8. The number of rotatable bonds is 1. The van der Waals surface area contributed by atoms with Gasteiger partial charge in [-0.1, -0.05) is 17.7 Å². The molecule has 0 amide bonds. The minimum Gasteiger partial charge on any atom is -0.457 e. The van der Waals surface area contributed by atoms with Gasteiger partial charge in [-0.2, -0.15) is 0 Å². The van der Waals surface area contributed by atoms with Crippen molar-refractivity contribution in [1.82, 2.24) is 0 Å². The predicted molar refractivity (Wildman–Crippen MR) is 293 cm³/mol. The number of ether oxygens (including phenoxy) is 1. The summed E-state index contributed by atoms with van der Waals surface area (Å²) >= 11 is 7.02. The molecule has 1 heterocycles. The first-order valence-electron chi connectivity index (χ1n) is 25.6. The topological polar surface area (TPSA) is 21.6 Å². The van der Waals surface area contributed by atoms with Crippen LogP contribution in [-0.4, -0.2) is 5.90 Å². The van der Waals surface area contributed by atoms with Crippen molar-refractivity contribution < 1.29 is 4.74 Å². The van der Waals surface area contributed by atoms with Gasteiger partial charge < -0.3 is 4.74 Å². The standard InChI is InChI=1S/C67H4ClNO/c68-6-3-1-2-5(4-6)65-69-66-61-53-45-35-25-17-9-7-8-11-15-13(9)21-29-23(15)33-27-19(11)20-12(8)16-14-10(7)18(17)26-32-22(14)30-24(16)34-28(20)38-37(27)49-43(33)51-41(29)47(39(45)31(21)25)55(61)57(51)63-59(49)60-50(38)44(34)52-42(30)48-40(32)46(36(26)35)54(53)62(66)56(48)58(52)64(60)67(63,66)70-65/h1-4H. The zero-order valence-corrected chi connectivity index (χ0v) is 35.8. The van der Waals surface area contributed by atoms with Crippen LogP contribution >= 0.6 is 11.6 Å². The van der Waals surface area contributed by atoms with Crippen molar-refractivity contribution in [2.75, 3.05) is 0 Å². The van der Waals surface area contributed by atoms with Gasteiger partial charge in [-0.15, -0.1) is 0 Å². The maximum atomic E-state index is 8.48. The lowest BCUT2D eigenvalue weighted by molar-refractivity contribution is 0.0712. The molecule has 2 spiro atoms. The zero-order valence-electron chi connectivity index (χ0n) is 35.0. The van der Waals surface area contributed by atoms with Crippen molar-refractivity contribution in [1.29, 1.82) is 0 Å². The Balaban J connectivity index is 1.17. The summed E-state index contributed by atoms with van der Waals surface area (Å²) in [5, 5.41) is 86.3. The first-order chi connectivity index (χ1) is 34.8. The minimum absolute atomic E-state index is 0.728. The lowest BCUT2D eigenvalue weighted by atomic mass is 9.60. The van der Waals surface area contributed by atoms with Crippen LogP contribution in [-0.2, 0) is 15.9 Å². The van der Waals surface area contributed by atoms with Gasteiger partial charge >= 0.3 is 0 Å². The van der Waals surface area contributed by atoms with E-state index < -0.39 is 11.1 Å². The monoisotopic (exact) mass is 873 g/mol. The molecule has 29 aromatic rings. The van der Waals surface area contributed by atoms with E-state index in [0.717, 1.165) is 16.5 Å². The molecular weight excluding hydrogens is 870 g/mol. The van der Waals surface area contributed by atoms with E-state index in [1.165, 1.54) is 65.3 Å². The van der Waals surface area contributed by atoms with E-state index in [0.29, 0.717) is 0 Å². The summed E-state index contributed by atoms with van der Waals surface area (Å²) in [6, 6.07) is 8.45. The second-order valence-electron chi connectivity index (χ2n) is 25.2. The molecule has 0 unspecified atom stereocenters. The highest BCUT2D eigenvalue weighted by atomic mass is 35.5. The molecule has 0 bridgehead atoms. The molecule has 0 saturated carbocycles. The van der Waals surface area contributed by atoms with Crippen LogP contribution in [0.3, 0.4) is 0 Å². The average Bonchev–Trinajstić information content (AvgIpc) is 4.39. The molecule has 290 valence electrons. The molecule has 3 heteroatoms. The van der Waals surface area contributed by atoms with E-state index in [9.17, 15) is 0 Å². The fourth-order valence-electron chi connectivity index (χ4n) is 24.6. The van der Waals surface area contributed by atoms with Crippen LogP contribution in [0.2, 0.25) is 5.02 Å². The van der Waals surface area contributed by atoms with Gasteiger partial charge in [0.25, 0.3) is 0 Å². The first-order valence-corrected chi connectivity index (χ1v) is 26.0. The van der Waals surface area contributed by atoms with Crippen LogP contribution in [0.25, 0.3) is 291 Å². The van der Waals surface area contributed by atoms with Crippen LogP contribution in [0.1, 0.15) is 27.8 Å². The van der Waals surface area contributed by atoms with Crippen molar-refractivity contribution in [2.24, 2.45) is 4.99 Å². The predicted octanol–water partition coefficient (Wildman–Crippen LogP) is 18.3. The molecule has 29 aromatic carbocycles. The summed E-state index contributed by atoms with van der Waals surface area (Å²) in [4.78, 5) is 6.53. The van der Waals surface area contributed by atoms with E-state index in [4.69, 9.17) is 21.3 Å². The molecule has 0 saturated heterocycles. The van der Waals surface area contributed by atoms with E-state index >= 15 is 0 Å². The molecule has 0 radical (unpaired) electrons. The quantitative estimate of drug-likeness (QED) is 0.151. The molecule has 4 aliphatic carbocycles. The van der Waals surface area contributed by atoms with E-state index in [-0.39, 0.29) is 0 Å². The van der Waals surface area contributed by atoms with Gasteiger partial charge in [0.1, 0.15) is 0 Å². The Morgan fingerprint density at radius 2 is 0.486 bits per heavy atom. The molecule has 1 aliphatic heterocycles.